The number of hydrogen-bond acceptors (Lipinski definition) is 5. The molecule has 0 amide bonds. The van der Waals surface area contributed by atoms with Crippen molar-refractivity contribution in [3.8, 4) is 0 Å². The van der Waals surface area contributed by atoms with Crippen LogP contribution < -0.4 is 10.6 Å². The Morgan fingerprint density at radius 2 is 2.21 bits per heavy atom. The van der Waals surface area contributed by atoms with Crippen molar-refractivity contribution in [1.82, 2.24) is 9.97 Å². The highest BCUT2D eigenvalue weighted by Crippen LogP contribution is 2.08. The van der Waals surface area contributed by atoms with E-state index in [1.54, 1.807) is 19.5 Å². The summed E-state index contributed by atoms with van der Waals surface area (Å²) in [6.07, 6.45) is 3.24. The highest BCUT2D eigenvalue weighted by Gasteiger charge is 2.04. The molecule has 0 atom stereocenters. The van der Waals surface area contributed by atoms with Gasteiger partial charge in [0.25, 0.3) is 0 Å². The first-order valence-electron chi connectivity index (χ1n) is 4.59. The molecule has 0 saturated carbocycles. The second-order valence-electron chi connectivity index (χ2n) is 2.87. The van der Waals surface area contributed by atoms with Gasteiger partial charge in [-0.2, -0.15) is 0 Å². The minimum Gasteiger partial charge on any atom is -0.383 e. The van der Waals surface area contributed by atoms with Crippen molar-refractivity contribution in [2.45, 2.75) is 6.92 Å². The molecular formula is C9H16N4O. The summed E-state index contributed by atoms with van der Waals surface area (Å²) in [5, 5.41) is 0. The first-order chi connectivity index (χ1) is 6.77. The van der Waals surface area contributed by atoms with Crippen LogP contribution in [0, 0.1) is 0 Å². The van der Waals surface area contributed by atoms with Gasteiger partial charge in [0, 0.05) is 20.2 Å². The van der Waals surface area contributed by atoms with Crippen molar-refractivity contribution in [3.63, 3.8) is 0 Å². The zero-order valence-corrected chi connectivity index (χ0v) is 8.60. The van der Waals surface area contributed by atoms with E-state index in [0.717, 1.165) is 18.9 Å². The number of aromatic nitrogens is 2. The van der Waals surface area contributed by atoms with E-state index in [4.69, 9.17) is 10.5 Å². The van der Waals surface area contributed by atoms with Crippen LogP contribution in [0.3, 0.4) is 0 Å². The Hall–Kier alpha value is -1.36. The molecular weight excluding hydrogens is 180 g/mol. The predicted molar refractivity (Wildman–Crippen MR) is 56.2 cm³/mol. The molecule has 2 N–H and O–H groups in total. The number of hydrogen-bond donors (Lipinski definition) is 1. The van der Waals surface area contributed by atoms with E-state index in [2.05, 4.69) is 21.8 Å². The Bertz CT molecular complexity index is 262. The lowest BCUT2D eigenvalue weighted by Crippen LogP contribution is -2.27. The maximum absolute atomic E-state index is 5.45. The van der Waals surface area contributed by atoms with Gasteiger partial charge in [-0.15, -0.1) is 0 Å². The van der Waals surface area contributed by atoms with Crippen LogP contribution in [0.4, 0.5) is 11.6 Å². The summed E-state index contributed by atoms with van der Waals surface area (Å²) in [5.74, 6) is 1.27. The van der Waals surface area contributed by atoms with Crippen LogP contribution >= 0.6 is 0 Å². The molecule has 0 radical (unpaired) electrons. The fourth-order valence-corrected chi connectivity index (χ4v) is 1.13. The fraction of sp³-hybridized carbons (Fsp3) is 0.556. The maximum atomic E-state index is 5.45. The summed E-state index contributed by atoms with van der Waals surface area (Å²) < 4.78 is 5.00. The van der Waals surface area contributed by atoms with E-state index in [0.29, 0.717) is 12.4 Å². The monoisotopic (exact) mass is 196 g/mol. The number of likely N-dealkylation sites (N-methyl/N-ethyl adjacent to an activating group) is 1. The molecule has 0 aliphatic carbocycles. The Morgan fingerprint density at radius 3 is 2.71 bits per heavy atom. The van der Waals surface area contributed by atoms with Crippen molar-refractivity contribution in [3.05, 3.63) is 12.4 Å². The molecule has 1 heterocycles. The highest BCUT2D eigenvalue weighted by molar-refractivity contribution is 5.38. The van der Waals surface area contributed by atoms with Crippen molar-refractivity contribution >= 4 is 11.6 Å². The second-order valence-corrected chi connectivity index (χ2v) is 2.87. The van der Waals surface area contributed by atoms with E-state index in [-0.39, 0.29) is 0 Å². The molecule has 0 bridgehead atoms. The van der Waals surface area contributed by atoms with Crippen molar-refractivity contribution in [1.29, 1.82) is 0 Å². The number of rotatable bonds is 5. The van der Waals surface area contributed by atoms with E-state index in [9.17, 15) is 0 Å². The SMILES string of the molecule is CCN(CCOC)c1cnc(N)cn1. The lowest BCUT2D eigenvalue weighted by molar-refractivity contribution is 0.205. The maximum Gasteiger partial charge on any atom is 0.147 e. The predicted octanol–water partition coefficient (Wildman–Crippen LogP) is 0.531. The van der Waals surface area contributed by atoms with Gasteiger partial charge in [0.1, 0.15) is 11.6 Å². The number of anilines is 2. The number of nitrogens with zero attached hydrogens (tertiary/aromatic N) is 3. The first kappa shape index (κ1) is 10.7. The van der Waals surface area contributed by atoms with Crippen molar-refractivity contribution in [2.75, 3.05) is 37.4 Å². The topological polar surface area (TPSA) is 64.3 Å². The molecule has 1 rings (SSSR count). The third kappa shape index (κ3) is 2.85. The molecule has 0 aromatic carbocycles. The first-order valence-corrected chi connectivity index (χ1v) is 4.59. The van der Waals surface area contributed by atoms with Crippen LogP contribution in [0.25, 0.3) is 0 Å². The van der Waals surface area contributed by atoms with E-state index in [1.807, 2.05) is 0 Å². The summed E-state index contributed by atoms with van der Waals surface area (Å²) >= 11 is 0. The molecule has 1 aromatic rings. The van der Waals surface area contributed by atoms with Crippen LogP contribution in [-0.2, 0) is 4.74 Å². The molecule has 0 fully saturated rings. The molecule has 5 nitrogen and oxygen atoms in total. The Kier molecular flexibility index (Phi) is 4.12. The largest absolute Gasteiger partial charge is 0.383 e. The van der Waals surface area contributed by atoms with Crippen LogP contribution in [0.2, 0.25) is 0 Å². The van der Waals surface area contributed by atoms with Gasteiger partial charge in [-0.3, -0.25) is 0 Å². The molecule has 78 valence electrons. The van der Waals surface area contributed by atoms with Gasteiger partial charge in [-0.25, -0.2) is 9.97 Å². The minimum absolute atomic E-state index is 0.441. The molecule has 0 unspecified atom stereocenters. The molecule has 1 aromatic heterocycles. The fourth-order valence-electron chi connectivity index (χ4n) is 1.13. The van der Waals surface area contributed by atoms with Gasteiger partial charge in [0.15, 0.2) is 0 Å². The van der Waals surface area contributed by atoms with Gasteiger partial charge in [-0.05, 0) is 6.92 Å². The third-order valence-corrected chi connectivity index (χ3v) is 1.93. The molecule has 0 aliphatic heterocycles. The van der Waals surface area contributed by atoms with Gasteiger partial charge in [0.05, 0.1) is 19.0 Å². The number of nitrogens with two attached hydrogens (primary N) is 1. The average Bonchev–Trinajstić information content (AvgIpc) is 2.21. The summed E-state index contributed by atoms with van der Waals surface area (Å²) in [6, 6.07) is 0. The summed E-state index contributed by atoms with van der Waals surface area (Å²) in [4.78, 5) is 10.3. The zero-order valence-electron chi connectivity index (χ0n) is 8.60. The standard InChI is InChI=1S/C9H16N4O/c1-3-13(4-5-14-2)9-7-11-8(10)6-12-9/h6-7H,3-5H2,1-2H3,(H2,10,11). The van der Waals surface area contributed by atoms with Crippen molar-refractivity contribution < 1.29 is 4.74 Å². The smallest absolute Gasteiger partial charge is 0.147 e. The quantitative estimate of drug-likeness (QED) is 0.744. The van der Waals surface area contributed by atoms with Gasteiger partial charge >= 0.3 is 0 Å². The van der Waals surface area contributed by atoms with Crippen molar-refractivity contribution in [2.24, 2.45) is 0 Å². The summed E-state index contributed by atoms with van der Waals surface area (Å²) in [6.45, 7) is 4.43. The number of nitrogen functional groups attached to an aromatic ring is 1. The Labute approximate surface area is 83.9 Å². The van der Waals surface area contributed by atoms with E-state index in [1.165, 1.54) is 0 Å². The second kappa shape index (κ2) is 5.39. The molecule has 0 spiro atoms. The van der Waals surface area contributed by atoms with E-state index < -0.39 is 0 Å². The lowest BCUT2D eigenvalue weighted by atomic mass is 10.4. The van der Waals surface area contributed by atoms with Gasteiger partial charge in [-0.1, -0.05) is 0 Å². The van der Waals surface area contributed by atoms with Crippen LogP contribution in [0.1, 0.15) is 6.92 Å². The van der Waals surface area contributed by atoms with Crippen LogP contribution in [0.15, 0.2) is 12.4 Å². The van der Waals surface area contributed by atoms with Crippen LogP contribution in [-0.4, -0.2) is 36.8 Å². The Balaban J connectivity index is 2.64. The highest BCUT2D eigenvalue weighted by atomic mass is 16.5. The van der Waals surface area contributed by atoms with Gasteiger partial charge in [0.2, 0.25) is 0 Å². The van der Waals surface area contributed by atoms with Gasteiger partial charge < -0.3 is 15.4 Å². The molecule has 0 saturated heterocycles. The number of methoxy groups -OCH3 is 1. The van der Waals surface area contributed by atoms with Crippen LogP contribution in [0.5, 0.6) is 0 Å². The lowest BCUT2D eigenvalue weighted by Gasteiger charge is -2.20. The molecule has 0 aliphatic rings. The molecule has 14 heavy (non-hydrogen) atoms. The summed E-state index contributed by atoms with van der Waals surface area (Å²) in [5.41, 5.74) is 5.45. The normalized spacial score (nSPS) is 10.1. The summed E-state index contributed by atoms with van der Waals surface area (Å²) in [7, 11) is 1.68. The Morgan fingerprint density at radius 1 is 1.43 bits per heavy atom. The number of ether oxygens (including phenoxy) is 1. The third-order valence-electron chi connectivity index (χ3n) is 1.93. The minimum atomic E-state index is 0.441. The zero-order chi connectivity index (χ0) is 10.4. The molecule has 5 heteroatoms. The van der Waals surface area contributed by atoms with E-state index >= 15 is 0 Å². The average molecular weight is 196 g/mol.